The Balaban J connectivity index is 1.88. The normalized spacial score (nSPS) is 15.7. The molecular weight excluding hydrogens is 326 g/mol. The van der Waals surface area contributed by atoms with Crippen LogP contribution in [-0.4, -0.2) is 33.0 Å². The van der Waals surface area contributed by atoms with Crippen LogP contribution < -0.4 is 5.56 Å². The number of rotatable bonds is 2. The molecule has 5 heteroatoms. The highest BCUT2D eigenvalue weighted by molar-refractivity contribution is 6.08. The molecule has 26 heavy (non-hydrogen) atoms. The molecule has 0 unspecified atom stereocenters. The molecular formula is C21H25N3O2. The van der Waals surface area contributed by atoms with Gasteiger partial charge in [0, 0.05) is 32.6 Å². The average Bonchev–Trinajstić information content (AvgIpc) is 3.03. The maximum absolute atomic E-state index is 13.2. The minimum absolute atomic E-state index is 0.00161. The zero-order valence-corrected chi connectivity index (χ0v) is 15.7. The highest BCUT2D eigenvalue weighted by Gasteiger charge is 2.26. The van der Waals surface area contributed by atoms with Crippen molar-refractivity contribution in [2.45, 2.75) is 38.1 Å². The lowest BCUT2D eigenvalue weighted by Gasteiger charge is -2.31. The van der Waals surface area contributed by atoms with Gasteiger partial charge in [0.15, 0.2) is 0 Å². The van der Waals surface area contributed by atoms with Crippen molar-refractivity contribution < 1.29 is 4.79 Å². The number of pyridine rings is 1. The largest absolute Gasteiger partial charge is 0.339 e. The molecule has 2 heterocycles. The Hall–Kier alpha value is -2.56. The Morgan fingerprint density at radius 3 is 2.46 bits per heavy atom. The fourth-order valence-corrected chi connectivity index (χ4v) is 4.37. The van der Waals surface area contributed by atoms with E-state index in [-0.39, 0.29) is 11.5 Å². The summed E-state index contributed by atoms with van der Waals surface area (Å²) < 4.78 is 3.55. The quantitative estimate of drug-likeness (QED) is 0.710. The van der Waals surface area contributed by atoms with Gasteiger partial charge in [-0.05, 0) is 25.0 Å². The van der Waals surface area contributed by atoms with Crippen LogP contribution in [0.2, 0.25) is 0 Å². The smallest absolute Gasteiger partial charge is 0.270 e. The second-order valence-corrected chi connectivity index (χ2v) is 7.44. The molecule has 1 fully saturated rings. The number of carbonyl (C=O) groups excluding carboxylic acids is 1. The van der Waals surface area contributed by atoms with Crippen molar-refractivity contribution in [3.05, 3.63) is 46.4 Å². The van der Waals surface area contributed by atoms with Gasteiger partial charge in [0.2, 0.25) is 0 Å². The molecule has 0 bridgehead atoms. The summed E-state index contributed by atoms with van der Waals surface area (Å²) in [6.45, 7) is 0. The molecule has 0 aliphatic heterocycles. The number of hydrogen-bond donors (Lipinski definition) is 0. The van der Waals surface area contributed by atoms with E-state index in [0.717, 1.165) is 29.3 Å². The predicted octanol–water partition coefficient (Wildman–Crippen LogP) is 3.43. The van der Waals surface area contributed by atoms with E-state index < -0.39 is 0 Å². The van der Waals surface area contributed by atoms with E-state index in [9.17, 15) is 9.59 Å². The highest BCUT2D eigenvalue weighted by Crippen LogP contribution is 2.27. The van der Waals surface area contributed by atoms with Crippen molar-refractivity contribution in [3.63, 3.8) is 0 Å². The van der Waals surface area contributed by atoms with Crippen LogP contribution in [0.25, 0.3) is 21.8 Å². The monoisotopic (exact) mass is 351 g/mol. The zero-order chi connectivity index (χ0) is 18.4. The third-order valence-corrected chi connectivity index (χ3v) is 5.95. The predicted molar refractivity (Wildman–Crippen MR) is 105 cm³/mol. The molecule has 4 rings (SSSR count). The number of amides is 1. The standard InChI is InChI=1S/C21H25N3O2/c1-22(14-9-5-4-6-10-14)21(26)18-13-16-19(23(18)2)15-11-7-8-12-17(15)24(3)20(16)25/h7-8,11-14H,4-6,9-10H2,1-3H3. The van der Waals surface area contributed by atoms with Crippen molar-refractivity contribution in [2.75, 3.05) is 7.05 Å². The van der Waals surface area contributed by atoms with E-state index >= 15 is 0 Å². The van der Waals surface area contributed by atoms with Crippen LogP contribution in [0.15, 0.2) is 35.1 Å². The van der Waals surface area contributed by atoms with E-state index in [1.807, 2.05) is 47.8 Å². The maximum atomic E-state index is 13.2. The third-order valence-electron chi connectivity index (χ3n) is 5.95. The lowest BCUT2D eigenvalue weighted by Crippen LogP contribution is -2.39. The molecule has 1 saturated carbocycles. The number of carbonyl (C=O) groups is 1. The number of aryl methyl sites for hydroxylation is 2. The van der Waals surface area contributed by atoms with E-state index in [0.29, 0.717) is 17.1 Å². The van der Waals surface area contributed by atoms with Crippen molar-refractivity contribution in [1.29, 1.82) is 0 Å². The lowest BCUT2D eigenvalue weighted by molar-refractivity contribution is 0.0687. The van der Waals surface area contributed by atoms with Crippen molar-refractivity contribution in [1.82, 2.24) is 14.0 Å². The van der Waals surface area contributed by atoms with Crippen LogP contribution >= 0.6 is 0 Å². The third kappa shape index (κ3) is 2.45. The number of benzene rings is 1. The summed E-state index contributed by atoms with van der Waals surface area (Å²) in [5, 5.41) is 1.60. The Morgan fingerprint density at radius 2 is 1.73 bits per heavy atom. The van der Waals surface area contributed by atoms with Crippen LogP contribution in [0.1, 0.15) is 42.6 Å². The minimum Gasteiger partial charge on any atom is -0.339 e. The SMILES string of the molecule is CN(C(=O)c1cc2c(=O)n(C)c3ccccc3c2n1C)C1CCCCC1. The molecule has 0 atom stereocenters. The van der Waals surface area contributed by atoms with Crippen molar-refractivity contribution in [3.8, 4) is 0 Å². The molecule has 136 valence electrons. The molecule has 1 aliphatic rings. The van der Waals surface area contributed by atoms with Gasteiger partial charge in [-0.25, -0.2) is 0 Å². The number of para-hydroxylation sites is 1. The molecule has 1 aliphatic carbocycles. The Labute approximate surface area is 152 Å². The first-order valence-corrected chi connectivity index (χ1v) is 9.35. The molecule has 0 radical (unpaired) electrons. The number of aromatic nitrogens is 2. The summed E-state index contributed by atoms with van der Waals surface area (Å²) in [5.74, 6) is 0.00161. The van der Waals surface area contributed by atoms with E-state index in [4.69, 9.17) is 0 Å². The van der Waals surface area contributed by atoms with Crippen LogP contribution in [0.3, 0.4) is 0 Å². The Morgan fingerprint density at radius 1 is 1.04 bits per heavy atom. The molecule has 1 aromatic carbocycles. The number of fused-ring (bicyclic) bond motifs is 3. The van der Waals surface area contributed by atoms with Gasteiger partial charge >= 0.3 is 0 Å². The van der Waals surface area contributed by atoms with Crippen LogP contribution in [-0.2, 0) is 14.1 Å². The summed E-state index contributed by atoms with van der Waals surface area (Å²) in [6, 6.07) is 9.92. The lowest BCUT2D eigenvalue weighted by atomic mass is 9.94. The molecule has 0 spiro atoms. The van der Waals surface area contributed by atoms with E-state index in [2.05, 4.69) is 0 Å². The van der Waals surface area contributed by atoms with Crippen LogP contribution in [0.5, 0.6) is 0 Å². The van der Waals surface area contributed by atoms with E-state index in [1.54, 1.807) is 17.7 Å². The maximum Gasteiger partial charge on any atom is 0.270 e. The molecule has 0 N–H and O–H groups in total. The highest BCUT2D eigenvalue weighted by atomic mass is 16.2. The number of nitrogens with zero attached hydrogens (tertiary/aromatic N) is 3. The summed E-state index contributed by atoms with van der Waals surface area (Å²) >= 11 is 0. The van der Waals surface area contributed by atoms with Gasteiger partial charge in [0.1, 0.15) is 5.69 Å². The van der Waals surface area contributed by atoms with Gasteiger partial charge in [-0.1, -0.05) is 37.5 Å². The Bertz CT molecular complexity index is 1050. The van der Waals surface area contributed by atoms with E-state index in [1.165, 1.54) is 19.3 Å². The first-order chi connectivity index (χ1) is 12.5. The average molecular weight is 351 g/mol. The van der Waals surface area contributed by atoms with Gasteiger partial charge in [-0.2, -0.15) is 0 Å². The first-order valence-electron chi connectivity index (χ1n) is 9.35. The zero-order valence-electron chi connectivity index (χ0n) is 15.7. The van der Waals surface area contributed by atoms with Crippen molar-refractivity contribution >= 4 is 27.7 Å². The van der Waals surface area contributed by atoms with Gasteiger partial charge in [-0.15, -0.1) is 0 Å². The van der Waals surface area contributed by atoms with Gasteiger partial charge in [-0.3, -0.25) is 9.59 Å². The first kappa shape index (κ1) is 16.9. The molecule has 1 amide bonds. The fraction of sp³-hybridized carbons (Fsp3) is 0.429. The van der Waals surface area contributed by atoms with Gasteiger partial charge in [0.25, 0.3) is 11.5 Å². The Kier molecular flexibility index (Phi) is 4.10. The second kappa shape index (κ2) is 6.31. The van der Waals surface area contributed by atoms with Crippen molar-refractivity contribution in [2.24, 2.45) is 14.1 Å². The molecule has 5 nitrogen and oxygen atoms in total. The fourth-order valence-electron chi connectivity index (χ4n) is 4.37. The molecule has 3 aromatic rings. The summed E-state index contributed by atoms with van der Waals surface area (Å²) in [7, 11) is 5.56. The second-order valence-electron chi connectivity index (χ2n) is 7.44. The summed E-state index contributed by atoms with van der Waals surface area (Å²) in [5.41, 5.74) is 2.24. The molecule has 2 aromatic heterocycles. The van der Waals surface area contributed by atoms with Gasteiger partial charge in [0.05, 0.1) is 16.4 Å². The number of hydrogen-bond acceptors (Lipinski definition) is 2. The summed E-state index contributed by atoms with van der Waals surface area (Å²) in [6.07, 6.45) is 5.76. The summed E-state index contributed by atoms with van der Waals surface area (Å²) in [4.78, 5) is 27.9. The molecule has 0 saturated heterocycles. The topological polar surface area (TPSA) is 47.2 Å². The van der Waals surface area contributed by atoms with Gasteiger partial charge < -0.3 is 14.0 Å². The van der Waals surface area contributed by atoms with Crippen LogP contribution in [0.4, 0.5) is 0 Å². The van der Waals surface area contributed by atoms with Crippen LogP contribution in [0, 0.1) is 0 Å². The minimum atomic E-state index is -0.0614.